The quantitative estimate of drug-likeness (QED) is 0.927. The molecule has 21 heavy (non-hydrogen) atoms. The number of rotatable bonds is 4. The van der Waals surface area contributed by atoms with Crippen LogP contribution in [0.4, 0.5) is 0 Å². The second-order valence-corrected chi connectivity index (χ2v) is 7.38. The molecule has 0 radical (unpaired) electrons. The number of benzene rings is 1. The van der Waals surface area contributed by atoms with Crippen LogP contribution in [-0.4, -0.2) is 36.9 Å². The third kappa shape index (κ3) is 3.63. The Balaban J connectivity index is 2.19. The van der Waals surface area contributed by atoms with Crippen molar-refractivity contribution < 1.29 is 18.3 Å². The lowest BCUT2D eigenvalue weighted by atomic mass is 9.98. The van der Waals surface area contributed by atoms with Crippen molar-refractivity contribution in [3.8, 4) is 0 Å². The van der Waals surface area contributed by atoms with Crippen molar-refractivity contribution in [2.75, 3.05) is 13.1 Å². The lowest BCUT2D eigenvalue weighted by Crippen LogP contribution is -2.32. The van der Waals surface area contributed by atoms with Crippen LogP contribution in [0.1, 0.15) is 43.0 Å². The van der Waals surface area contributed by atoms with Crippen LogP contribution in [0.15, 0.2) is 29.2 Å². The maximum Gasteiger partial charge on any atom is 0.335 e. The minimum Gasteiger partial charge on any atom is -0.478 e. The normalized spacial score (nSPS) is 20.9. The maximum absolute atomic E-state index is 12.6. The van der Waals surface area contributed by atoms with E-state index < -0.39 is 16.0 Å². The minimum atomic E-state index is -3.52. The summed E-state index contributed by atoms with van der Waals surface area (Å²) >= 11 is 0. The van der Waals surface area contributed by atoms with Crippen LogP contribution in [-0.2, 0) is 10.0 Å². The zero-order chi connectivity index (χ0) is 15.5. The van der Waals surface area contributed by atoms with Gasteiger partial charge in [0.05, 0.1) is 10.5 Å². The van der Waals surface area contributed by atoms with E-state index in [0.717, 1.165) is 25.7 Å². The van der Waals surface area contributed by atoms with Gasteiger partial charge in [-0.2, -0.15) is 4.31 Å². The predicted octanol–water partition coefficient (Wildman–Crippen LogP) is 2.59. The highest BCUT2D eigenvalue weighted by atomic mass is 32.2. The molecule has 1 aromatic rings. The fraction of sp³-hybridized carbons (Fsp3) is 0.533. The topological polar surface area (TPSA) is 74.7 Å². The third-order valence-corrected chi connectivity index (χ3v) is 6.04. The van der Waals surface area contributed by atoms with Crippen LogP contribution in [0, 0.1) is 5.92 Å². The summed E-state index contributed by atoms with van der Waals surface area (Å²) < 4.78 is 26.7. The Kier molecular flexibility index (Phi) is 5.00. The number of nitrogens with zero attached hydrogens (tertiary/aromatic N) is 1. The Hall–Kier alpha value is -1.40. The highest BCUT2D eigenvalue weighted by Gasteiger charge is 2.27. The minimum absolute atomic E-state index is 0.0934. The standard InChI is InChI=1S/C15H21NO4S/c1-2-12-4-3-10-16(11-9-12)21(19,20)14-7-5-13(6-8-14)15(17)18/h5-8,12H,2-4,9-11H2,1H3,(H,17,18). The zero-order valence-corrected chi connectivity index (χ0v) is 13.0. The van der Waals surface area contributed by atoms with E-state index in [9.17, 15) is 13.2 Å². The van der Waals surface area contributed by atoms with Gasteiger partial charge in [0, 0.05) is 13.1 Å². The number of aromatic carboxylic acids is 1. The highest BCUT2D eigenvalue weighted by molar-refractivity contribution is 7.89. The molecule has 1 N–H and O–H groups in total. The van der Waals surface area contributed by atoms with Crippen molar-refractivity contribution in [3.63, 3.8) is 0 Å². The second kappa shape index (κ2) is 6.58. The van der Waals surface area contributed by atoms with Gasteiger partial charge in [0.1, 0.15) is 0 Å². The Bertz CT molecular complexity index is 595. The average molecular weight is 311 g/mol. The summed E-state index contributed by atoms with van der Waals surface area (Å²) in [6.07, 6.45) is 3.93. The highest BCUT2D eigenvalue weighted by Crippen LogP contribution is 2.25. The Morgan fingerprint density at radius 3 is 2.48 bits per heavy atom. The summed E-state index contributed by atoms with van der Waals surface area (Å²) in [6, 6.07) is 5.42. The van der Waals surface area contributed by atoms with E-state index in [-0.39, 0.29) is 10.5 Å². The first-order valence-electron chi connectivity index (χ1n) is 7.28. The largest absolute Gasteiger partial charge is 0.478 e. The molecule has 0 aliphatic carbocycles. The smallest absolute Gasteiger partial charge is 0.335 e. The summed E-state index contributed by atoms with van der Waals surface area (Å²) in [5, 5.41) is 8.86. The molecule has 6 heteroatoms. The van der Waals surface area contributed by atoms with E-state index in [0.29, 0.717) is 19.0 Å². The molecule has 0 bridgehead atoms. The monoisotopic (exact) mass is 311 g/mol. The van der Waals surface area contributed by atoms with Gasteiger partial charge in [-0.1, -0.05) is 13.3 Å². The van der Waals surface area contributed by atoms with Gasteiger partial charge in [-0.3, -0.25) is 0 Å². The van der Waals surface area contributed by atoms with Crippen LogP contribution in [0.5, 0.6) is 0 Å². The molecule has 1 unspecified atom stereocenters. The van der Waals surface area contributed by atoms with Crippen LogP contribution < -0.4 is 0 Å². The van der Waals surface area contributed by atoms with Gasteiger partial charge >= 0.3 is 5.97 Å². The molecule has 2 rings (SSSR count). The van der Waals surface area contributed by atoms with Gasteiger partial charge in [-0.25, -0.2) is 13.2 Å². The lowest BCUT2D eigenvalue weighted by Gasteiger charge is -2.20. The van der Waals surface area contributed by atoms with E-state index in [4.69, 9.17) is 5.11 Å². The van der Waals surface area contributed by atoms with E-state index in [1.807, 2.05) is 0 Å². The molecule has 1 heterocycles. The Morgan fingerprint density at radius 1 is 1.24 bits per heavy atom. The van der Waals surface area contributed by atoms with Crippen molar-refractivity contribution in [1.29, 1.82) is 0 Å². The van der Waals surface area contributed by atoms with Gasteiger partial charge < -0.3 is 5.11 Å². The second-order valence-electron chi connectivity index (χ2n) is 5.44. The molecule has 1 aliphatic heterocycles. The molecule has 0 saturated carbocycles. The fourth-order valence-electron chi connectivity index (χ4n) is 2.71. The van der Waals surface area contributed by atoms with Crippen molar-refractivity contribution in [1.82, 2.24) is 4.31 Å². The van der Waals surface area contributed by atoms with Gasteiger partial charge in [0.2, 0.25) is 10.0 Å². The molecule has 116 valence electrons. The van der Waals surface area contributed by atoms with Crippen molar-refractivity contribution >= 4 is 16.0 Å². The number of sulfonamides is 1. The first kappa shape index (κ1) is 16.0. The first-order chi connectivity index (χ1) is 9.95. The molecule has 0 aromatic heterocycles. The molecule has 1 fully saturated rings. The number of carbonyl (C=O) groups is 1. The number of hydrogen-bond donors (Lipinski definition) is 1. The van der Waals surface area contributed by atoms with E-state index >= 15 is 0 Å². The van der Waals surface area contributed by atoms with Crippen LogP contribution in [0.3, 0.4) is 0 Å². The predicted molar refractivity (Wildman–Crippen MR) is 79.8 cm³/mol. The van der Waals surface area contributed by atoms with Gasteiger partial charge in [0.15, 0.2) is 0 Å². The maximum atomic E-state index is 12.6. The van der Waals surface area contributed by atoms with E-state index in [2.05, 4.69) is 6.92 Å². The third-order valence-electron chi connectivity index (χ3n) is 4.12. The molecular weight excluding hydrogens is 290 g/mol. The fourth-order valence-corrected chi connectivity index (χ4v) is 4.20. The number of carboxylic acid groups (broad SMARTS) is 1. The number of carboxylic acids is 1. The molecule has 1 aromatic carbocycles. The van der Waals surface area contributed by atoms with Crippen molar-refractivity contribution in [2.45, 2.75) is 37.5 Å². The van der Waals surface area contributed by atoms with E-state index in [1.165, 1.54) is 28.6 Å². The average Bonchev–Trinajstić information content (AvgIpc) is 2.73. The molecule has 1 saturated heterocycles. The molecular formula is C15H21NO4S. The summed E-state index contributed by atoms with van der Waals surface area (Å²) in [7, 11) is -3.52. The Morgan fingerprint density at radius 2 is 1.90 bits per heavy atom. The van der Waals surface area contributed by atoms with Gasteiger partial charge in [-0.15, -0.1) is 0 Å². The SMILES string of the molecule is CCC1CCCN(S(=O)(=O)c2ccc(C(=O)O)cc2)CC1. The van der Waals surface area contributed by atoms with Crippen LogP contribution in [0.2, 0.25) is 0 Å². The van der Waals surface area contributed by atoms with Crippen molar-refractivity contribution in [3.05, 3.63) is 29.8 Å². The molecule has 5 nitrogen and oxygen atoms in total. The Labute approximate surface area is 125 Å². The van der Waals surface area contributed by atoms with Crippen LogP contribution in [0.25, 0.3) is 0 Å². The summed E-state index contributed by atoms with van der Waals surface area (Å²) in [4.78, 5) is 11.0. The molecule has 0 spiro atoms. The summed E-state index contributed by atoms with van der Waals surface area (Å²) in [5.41, 5.74) is 0.0934. The molecule has 1 aliphatic rings. The first-order valence-corrected chi connectivity index (χ1v) is 8.72. The summed E-state index contributed by atoms with van der Waals surface area (Å²) in [6.45, 7) is 3.22. The van der Waals surface area contributed by atoms with Gasteiger partial charge in [0.25, 0.3) is 0 Å². The van der Waals surface area contributed by atoms with Crippen molar-refractivity contribution in [2.24, 2.45) is 5.92 Å². The van der Waals surface area contributed by atoms with E-state index in [1.54, 1.807) is 0 Å². The molecule has 0 amide bonds. The zero-order valence-electron chi connectivity index (χ0n) is 12.2. The van der Waals surface area contributed by atoms with Gasteiger partial charge in [-0.05, 0) is 49.4 Å². The number of hydrogen-bond acceptors (Lipinski definition) is 3. The molecule has 1 atom stereocenters. The van der Waals surface area contributed by atoms with Crippen LogP contribution >= 0.6 is 0 Å². The summed E-state index contributed by atoms with van der Waals surface area (Å²) in [5.74, 6) is -0.459. The lowest BCUT2D eigenvalue weighted by molar-refractivity contribution is 0.0696.